The quantitative estimate of drug-likeness (QED) is 0.628. The van der Waals surface area contributed by atoms with Crippen molar-refractivity contribution in [2.45, 2.75) is 24.0 Å². The minimum absolute atomic E-state index is 0. The van der Waals surface area contributed by atoms with E-state index in [-0.39, 0.29) is 28.8 Å². The molecular formula is C19H24ClN3O4S. The minimum atomic E-state index is -3.40. The Labute approximate surface area is 171 Å². The summed E-state index contributed by atoms with van der Waals surface area (Å²) >= 11 is 0. The van der Waals surface area contributed by atoms with Gasteiger partial charge < -0.3 is 16.4 Å². The second-order valence-electron chi connectivity index (χ2n) is 6.16. The van der Waals surface area contributed by atoms with Gasteiger partial charge in [-0.05, 0) is 50.2 Å². The van der Waals surface area contributed by atoms with Gasteiger partial charge in [0, 0.05) is 18.7 Å². The summed E-state index contributed by atoms with van der Waals surface area (Å²) in [5.41, 5.74) is 6.35. The second-order valence-corrected chi connectivity index (χ2v) is 8.67. The lowest BCUT2D eigenvalue weighted by molar-refractivity contribution is 0.0955. The van der Waals surface area contributed by atoms with E-state index < -0.39 is 21.0 Å². The van der Waals surface area contributed by atoms with Crippen LogP contribution in [-0.2, 0) is 9.84 Å². The number of rotatable bonds is 7. The fraction of sp³-hybridized carbons (Fsp3) is 0.263. The first kappa shape index (κ1) is 23.6. The standard InChI is InChI=1S/C19H23N3O4S.ClH/c1-13(2)27(25,26)15-9-7-14(8-10-15)18(23)22-17-6-4-3-5-16(17)19(24)21-12-11-20;/h3-10,13H,11-12,20H2,1-2H3,(H,21,24)(H,22,23);1H. The molecule has 2 aromatic rings. The number of halogens is 1. The van der Waals surface area contributed by atoms with E-state index in [0.29, 0.717) is 24.3 Å². The zero-order valence-electron chi connectivity index (χ0n) is 15.6. The molecule has 0 saturated heterocycles. The molecule has 0 bridgehead atoms. The van der Waals surface area contributed by atoms with Gasteiger partial charge in [0.05, 0.1) is 21.4 Å². The summed E-state index contributed by atoms with van der Waals surface area (Å²) in [7, 11) is -3.40. The maximum absolute atomic E-state index is 12.5. The third-order valence-corrected chi connectivity index (χ3v) is 6.09. The third kappa shape index (κ3) is 5.54. The van der Waals surface area contributed by atoms with Crippen LogP contribution in [0.4, 0.5) is 5.69 Å². The van der Waals surface area contributed by atoms with Gasteiger partial charge in [-0.25, -0.2) is 8.42 Å². The average molecular weight is 426 g/mol. The van der Waals surface area contributed by atoms with Gasteiger partial charge in [-0.1, -0.05) is 12.1 Å². The highest BCUT2D eigenvalue weighted by Crippen LogP contribution is 2.19. The maximum atomic E-state index is 12.5. The van der Waals surface area contributed by atoms with Crippen molar-refractivity contribution < 1.29 is 18.0 Å². The molecule has 0 atom stereocenters. The van der Waals surface area contributed by atoms with Gasteiger partial charge in [0.2, 0.25) is 0 Å². The molecule has 2 aromatic carbocycles. The van der Waals surface area contributed by atoms with Gasteiger partial charge in [-0.15, -0.1) is 12.4 Å². The molecule has 9 heteroatoms. The van der Waals surface area contributed by atoms with Crippen molar-refractivity contribution in [1.29, 1.82) is 0 Å². The van der Waals surface area contributed by atoms with E-state index >= 15 is 0 Å². The Morgan fingerprint density at radius 2 is 1.61 bits per heavy atom. The van der Waals surface area contributed by atoms with Crippen LogP contribution in [0.5, 0.6) is 0 Å². The SMILES string of the molecule is CC(C)S(=O)(=O)c1ccc(C(=O)Nc2ccccc2C(=O)NCCN)cc1.Cl. The van der Waals surface area contributed by atoms with Crippen LogP contribution in [0.1, 0.15) is 34.6 Å². The molecule has 7 nitrogen and oxygen atoms in total. The molecule has 0 spiro atoms. The van der Waals surface area contributed by atoms with Gasteiger partial charge in [0.15, 0.2) is 9.84 Å². The number of hydrogen-bond acceptors (Lipinski definition) is 5. The fourth-order valence-electron chi connectivity index (χ4n) is 2.33. The van der Waals surface area contributed by atoms with Crippen LogP contribution in [0.3, 0.4) is 0 Å². The summed E-state index contributed by atoms with van der Waals surface area (Å²) in [4.78, 5) is 24.8. The van der Waals surface area contributed by atoms with E-state index in [1.54, 1.807) is 38.1 Å². The lowest BCUT2D eigenvalue weighted by Gasteiger charge is -2.12. The van der Waals surface area contributed by atoms with Crippen LogP contribution in [0.15, 0.2) is 53.4 Å². The molecule has 0 radical (unpaired) electrons. The van der Waals surface area contributed by atoms with Crippen molar-refractivity contribution in [2.24, 2.45) is 5.73 Å². The molecule has 0 heterocycles. The molecule has 2 amide bonds. The predicted octanol–water partition coefficient (Wildman–Crippen LogP) is 2.23. The van der Waals surface area contributed by atoms with Gasteiger partial charge in [-0.2, -0.15) is 0 Å². The number of carbonyl (C=O) groups excluding carboxylic acids is 2. The number of nitrogens with one attached hydrogen (secondary N) is 2. The van der Waals surface area contributed by atoms with E-state index in [2.05, 4.69) is 10.6 Å². The second kappa shape index (κ2) is 10.2. The van der Waals surface area contributed by atoms with Gasteiger partial charge in [-0.3, -0.25) is 9.59 Å². The number of anilines is 1. The monoisotopic (exact) mass is 425 g/mol. The predicted molar refractivity (Wildman–Crippen MR) is 112 cm³/mol. The number of sulfone groups is 1. The van der Waals surface area contributed by atoms with E-state index in [0.717, 1.165) is 0 Å². The number of hydrogen-bond donors (Lipinski definition) is 3. The molecule has 2 rings (SSSR count). The largest absolute Gasteiger partial charge is 0.351 e. The van der Waals surface area contributed by atoms with E-state index in [1.165, 1.54) is 24.3 Å². The van der Waals surface area contributed by atoms with Gasteiger partial charge >= 0.3 is 0 Å². The van der Waals surface area contributed by atoms with Crippen LogP contribution in [0.2, 0.25) is 0 Å². The molecule has 0 aliphatic rings. The molecule has 0 aromatic heterocycles. The topological polar surface area (TPSA) is 118 Å². The van der Waals surface area contributed by atoms with Gasteiger partial charge in [0.1, 0.15) is 0 Å². The Morgan fingerprint density at radius 1 is 1.00 bits per heavy atom. The minimum Gasteiger partial charge on any atom is -0.351 e. The first-order chi connectivity index (χ1) is 12.8. The lowest BCUT2D eigenvalue weighted by Crippen LogP contribution is -2.30. The molecule has 28 heavy (non-hydrogen) atoms. The van der Waals surface area contributed by atoms with E-state index in [4.69, 9.17) is 5.73 Å². The number of amides is 2. The molecule has 0 saturated carbocycles. The molecule has 0 unspecified atom stereocenters. The van der Waals surface area contributed by atoms with Crippen LogP contribution >= 0.6 is 12.4 Å². The summed E-state index contributed by atoms with van der Waals surface area (Å²) in [5.74, 6) is -0.780. The highest BCUT2D eigenvalue weighted by Gasteiger charge is 2.20. The molecule has 4 N–H and O–H groups in total. The van der Waals surface area contributed by atoms with Gasteiger partial charge in [0.25, 0.3) is 11.8 Å². The van der Waals surface area contributed by atoms with Crippen molar-refractivity contribution in [2.75, 3.05) is 18.4 Å². The highest BCUT2D eigenvalue weighted by atomic mass is 35.5. The fourth-order valence-corrected chi connectivity index (χ4v) is 3.39. The van der Waals surface area contributed by atoms with Crippen molar-refractivity contribution in [3.63, 3.8) is 0 Å². The molecular weight excluding hydrogens is 402 g/mol. The Bertz CT molecular complexity index is 928. The number of benzene rings is 2. The molecule has 0 aliphatic heterocycles. The summed E-state index contributed by atoms with van der Waals surface area (Å²) < 4.78 is 24.3. The van der Waals surface area contributed by atoms with Crippen LogP contribution in [0, 0.1) is 0 Å². The highest BCUT2D eigenvalue weighted by molar-refractivity contribution is 7.92. The normalized spacial score (nSPS) is 10.9. The zero-order chi connectivity index (χ0) is 20.0. The first-order valence-corrected chi connectivity index (χ1v) is 10.0. The number of carbonyl (C=O) groups is 2. The van der Waals surface area contributed by atoms with Crippen molar-refractivity contribution >= 4 is 39.7 Å². The summed E-state index contributed by atoms with van der Waals surface area (Å²) in [6.45, 7) is 3.84. The lowest BCUT2D eigenvalue weighted by atomic mass is 10.1. The maximum Gasteiger partial charge on any atom is 0.255 e. The Hall–Kier alpha value is -2.42. The summed E-state index contributed by atoms with van der Waals surface area (Å²) in [5, 5.41) is 4.79. The average Bonchev–Trinajstić information content (AvgIpc) is 2.66. The van der Waals surface area contributed by atoms with Crippen LogP contribution < -0.4 is 16.4 Å². The van der Waals surface area contributed by atoms with Crippen LogP contribution in [-0.4, -0.2) is 38.6 Å². The third-order valence-electron chi connectivity index (χ3n) is 3.92. The molecule has 0 fully saturated rings. The van der Waals surface area contributed by atoms with Crippen molar-refractivity contribution in [1.82, 2.24) is 5.32 Å². The molecule has 0 aliphatic carbocycles. The summed E-state index contributed by atoms with van der Waals surface area (Å²) in [6.07, 6.45) is 0. The van der Waals surface area contributed by atoms with Crippen molar-refractivity contribution in [3.8, 4) is 0 Å². The van der Waals surface area contributed by atoms with E-state index in [1.807, 2.05) is 0 Å². The Morgan fingerprint density at radius 3 is 2.18 bits per heavy atom. The number of nitrogens with two attached hydrogens (primary N) is 1. The number of para-hydroxylation sites is 1. The van der Waals surface area contributed by atoms with Crippen molar-refractivity contribution in [3.05, 3.63) is 59.7 Å². The Kier molecular flexibility index (Phi) is 8.62. The summed E-state index contributed by atoms with van der Waals surface area (Å²) in [6, 6.07) is 12.3. The first-order valence-electron chi connectivity index (χ1n) is 8.50. The Balaban J connectivity index is 0.00000392. The molecule has 152 valence electrons. The van der Waals surface area contributed by atoms with E-state index in [9.17, 15) is 18.0 Å². The van der Waals surface area contributed by atoms with Crippen LogP contribution in [0.25, 0.3) is 0 Å². The smallest absolute Gasteiger partial charge is 0.255 e. The zero-order valence-corrected chi connectivity index (χ0v) is 17.3.